The summed E-state index contributed by atoms with van der Waals surface area (Å²) in [5.74, 6) is -0.379. The molecule has 22 heavy (non-hydrogen) atoms. The minimum Gasteiger partial charge on any atom is -0.377 e. The molecule has 2 heterocycles. The molecular formula is C16H19ClFN3O. The number of pyridine rings is 1. The van der Waals surface area contributed by atoms with Crippen LogP contribution in [-0.4, -0.2) is 48.8 Å². The van der Waals surface area contributed by atoms with E-state index in [0.717, 1.165) is 13.1 Å². The molecule has 0 spiro atoms. The molecule has 3 rings (SSSR count). The van der Waals surface area contributed by atoms with Gasteiger partial charge in [0.05, 0.1) is 29.5 Å². The highest BCUT2D eigenvalue weighted by molar-refractivity contribution is 6.35. The number of nitrogens with one attached hydrogen (secondary N) is 1. The molecule has 2 unspecified atom stereocenters. The standard InChI is InChI=1S/C16H19ClFN3O/c1-10(14-9-21(2)7-8-22-14)20-13-4-3-11-12(17)5-6-19-16(11)15(13)18/h3-6,10,14,20H,7-9H2,1-2H3. The van der Waals surface area contributed by atoms with Gasteiger partial charge in [0.25, 0.3) is 0 Å². The van der Waals surface area contributed by atoms with E-state index in [9.17, 15) is 4.39 Å². The number of benzene rings is 1. The van der Waals surface area contributed by atoms with Gasteiger partial charge in [0.2, 0.25) is 0 Å². The smallest absolute Gasteiger partial charge is 0.172 e. The summed E-state index contributed by atoms with van der Waals surface area (Å²) in [6, 6.07) is 5.14. The van der Waals surface area contributed by atoms with E-state index in [1.54, 1.807) is 18.2 Å². The minimum atomic E-state index is -0.379. The van der Waals surface area contributed by atoms with E-state index in [0.29, 0.717) is 22.7 Å². The Hall–Kier alpha value is -1.43. The number of fused-ring (bicyclic) bond motifs is 1. The summed E-state index contributed by atoms with van der Waals surface area (Å²) in [6.45, 7) is 4.45. The van der Waals surface area contributed by atoms with Crippen LogP contribution in [0, 0.1) is 5.82 Å². The van der Waals surface area contributed by atoms with Crippen molar-refractivity contribution in [1.82, 2.24) is 9.88 Å². The van der Waals surface area contributed by atoms with Crippen molar-refractivity contribution in [1.29, 1.82) is 0 Å². The molecule has 1 aromatic heterocycles. The predicted molar refractivity (Wildman–Crippen MR) is 87.0 cm³/mol. The number of rotatable bonds is 3. The van der Waals surface area contributed by atoms with E-state index >= 15 is 0 Å². The van der Waals surface area contributed by atoms with Crippen LogP contribution in [0.1, 0.15) is 6.92 Å². The second-order valence-corrected chi connectivity index (χ2v) is 6.13. The fraction of sp³-hybridized carbons (Fsp3) is 0.438. The highest BCUT2D eigenvalue weighted by atomic mass is 35.5. The summed E-state index contributed by atoms with van der Waals surface area (Å²) in [7, 11) is 2.06. The number of nitrogens with zero attached hydrogens (tertiary/aromatic N) is 2. The summed E-state index contributed by atoms with van der Waals surface area (Å²) in [4.78, 5) is 6.31. The molecule has 1 aliphatic heterocycles. The number of halogens is 2. The lowest BCUT2D eigenvalue weighted by Gasteiger charge is -2.34. The molecule has 0 amide bonds. The van der Waals surface area contributed by atoms with Crippen LogP contribution in [0.5, 0.6) is 0 Å². The van der Waals surface area contributed by atoms with Gasteiger partial charge in [-0.1, -0.05) is 11.6 Å². The predicted octanol–water partition coefficient (Wildman–Crippen LogP) is 3.16. The Morgan fingerprint density at radius 3 is 3.05 bits per heavy atom. The lowest BCUT2D eigenvalue weighted by molar-refractivity contribution is -0.0259. The summed E-state index contributed by atoms with van der Waals surface area (Å²) in [5.41, 5.74) is 0.706. The van der Waals surface area contributed by atoms with Gasteiger partial charge in [0.15, 0.2) is 5.82 Å². The van der Waals surface area contributed by atoms with Crippen LogP contribution in [0.15, 0.2) is 24.4 Å². The lowest BCUT2D eigenvalue weighted by atomic mass is 10.1. The molecule has 2 atom stereocenters. The highest BCUT2D eigenvalue weighted by Gasteiger charge is 2.24. The second-order valence-electron chi connectivity index (χ2n) is 5.72. The monoisotopic (exact) mass is 323 g/mol. The van der Waals surface area contributed by atoms with Gasteiger partial charge in [0, 0.05) is 24.7 Å². The van der Waals surface area contributed by atoms with Crippen LogP contribution in [0.2, 0.25) is 5.02 Å². The van der Waals surface area contributed by atoms with Gasteiger partial charge in [0.1, 0.15) is 5.52 Å². The van der Waals surface area contributed by atoms with Crippen molar-refractivity contribution < 1.29 is 9.13 Å². The Morgan fingerprint density at radius 1 is 1.45 bits per heavy atom. The molecule has 0 bridgehead atoms. The Labute approximate surface area is 134 Å². The first kappa shape index (κ1) is 15.5. The fourth-order valence-electron chi connectivity index (χ4n) is 2.71. The van der Waals surface area contributed by atoms with Gasteiger partial charge in [-0.15, -0.1) is 0 Å². The molecule has 1 fully saturated rings. The van der Waals surface area contributed by atoms with Crippen molar-refractivity contribution in [3.63, 3.8) is 0 Å². The molecule has 1 aliphatic rings. The van der Waals surface area contributed by atoms with Crippen molar-refractivity contribution >= 4 is 28.2 Å². The number of morpholine rings is 1. The summed E-state index contributed by atoms with van der Waals surface area (Å²) < 4.78 is 20.4. The van der Waals surface area contributed by atoms with Crippen molar-refractivity contribution in [2.24, 2.45) is 0 Å². The Bertz CT molecular complexity index is 682. The number of likely N-dealkylation sites (N-methyl/N-ethyl adjacent to an activating group) is 1. The molecule has 4 nitrogen and oxygen atoms in total. The van der Waals surface area contributed by atoms with E-state index in [1.165, 1.54) is 6.20 Å². The van der Waals surface area contributed by atoms with Crippen LogP contribution >= 0.6 is 11.6 Å². The molecule has 0 radical (unpaired) electrons. The number of anilines is 1. The zero-order chi connectivity index (χ0) is 15.7. The van der Waals surface area contributed by atoms with Gasteiger partial charge in [-0.25, -0.2) is 4.39 Å². The van der Waals surface area contributed by atoms with Crippen LogP contribution in [0.3, 0.4) is 0 Å². The van der Waals surface area contributed by atoms with E-state index in [4.69, 9.17) is 16.3 Å². The van der Waals surface area contributed by atoms with Crippen molar-refractivity contribution in [2.75, 3.05) is 32.1 Å². The van der Waals surface area contributed by atoms with E-state index < -0.39 is 0 Å². The average molecular weight is 324 g/mol. The Morgan fingerprint density at radius 2 is 2.27 bits per heavy atom. The van der Waals surface area contributed by atoms with Crippen molar-refractivity contribution in [3.05, 3.63) is 35.2 Å². The first-order chi connectivity index (χ1) is 10.6. The maximum Gasteiger partial charge on any atom is 0.172 e. The van der Waals surface area contributed by atoms with Crippen LogP contribution in [0.25, 0.3) is 10.9 Å². The van der Waals surface area contributed by atoms with Crippen LogP contribution < -0.4 is 5.32 Å². The molecule has 1 saturated heterocycles. The third kappa shape index (κ3) is 3.02. The van der Waals surface area contributed by atoms with Crippen molar-refractivity contribution in [3.8, 4) is 0 Å². The quantitative estimate of drug-likeness (QED) is 0.941. The van der Waals surface area contributed by atoms with Crippen LogP contribution in [0.4, 0.5) is 10.1 Å². The molecule has 1 aromatic carbocycles. The molecule has 0 aliphatic carbocycles. The third-order valence-corrected chi connectivity index (χ3v) is 4.36. The third-order valence-electron chi connectivity index (χ3n) is 4.04. The van der Waals surface area contributed by atoms with Gasteiger partial charge >= 0.3 is 0 Å². The second kappa shape index (κ2) is 6.36. The first-order valence-corrected chi connectivity index (χ1v) is 7.73. The molecule has 1 N–H and O–H groups in total. The zero-order valence-corrected chi connectivity index (χ0v) is 13.4. The fourth-order valence-corrected chi connectivity index (χ4v) is 2.92. The normalized spacial score (nSPS) is 21.0. The summed E-state index contributed by atoms with van der Waals surface area (Å²) in [6.07, 6.45) is 1.54. The molecule has 2 aromatic rings. The summed E-state index contributed by atoms with van der Waals surface area (Å²) >= 11 is 6.07. The number of hydrogen-bond acceptors (Lipinski definition) is 4. The minimum absolute atomic E-state index is 0.00566. The van der Waals surface area contributed by atoms with Gasteiger partial charge < -0.3 is 15.0 Å². The van der Waals surface area contributed by atoms with Crippen LogP contribution in [-0.2, 0) is 4.74 Å². The van der Waals surface area contributed by atoms with Crippen molar-refractivity contribution in [2.45, 2.75) is 19.1 Å². The number of ether oxygens (including phenoxy) is 1. The van der Waals surface area contributed by atoms with E-state index in [-0.39, 0.29) is 23.5 Å². The maximum atomic E-state index is 14.6. The SMILES string of the molecule is CC(Nc1ccc2c(Cl)ccnc2c1F)C1CN(C)CCO1. The average Bonchev–Trinajstić information content (AvgIpc) is 2.50. The maximum absolute atomic E-state index is 14.6. The lowest BCUT2D eigenvalue weighted by Crippen LogP contribution is -2.47. The zero-order valence-electron chi connectivity index (χ0n) is 12.6. The largest absolute Gasteiger partial charge is 0.377 e. The first-order valence-electron chi connectivity index (χ1n) is 7.35. The molecule has 6 heteroatoms. The Kier molecular flexibility index (Phi) is 4.47. The van der Waals surface area contributed by atoms with E-state index in [2.05, 4.69) is 22.2 Å². The number of hydrogen-bond donors (Lipinski definition) is 1. The highest BCUT2D eigenvalue weighted by Crippen LogP contribution is 2.28. The molecular weight excluding hydrogens is 305 g/mol. The molecule has 0 saturated carbocycles. The van der Waals surface area contributed by atoms with Gasteiger partial charge in [-0.05, 0) is 32.2 Å². The van der Waals surface area contributed by atoms with Gasteiger partial charge in [-0.2, -0.15) is 0 Å². The topological polar surface area (TPSA) is 37.4 Å². The summed E-state index contributed by atoms with van der Waals surface area (Å²) in [5, 5.41) is 4.32. The van der Waals surface area contributed by atoms with E-state index in [1.807, 2.05) is 6.92 Å². The molecule has 118 valence electrons. The Balaban J connectivity index is 1.83. The van der Waals surface area contributed by atoms with Gasteiger partial charge in [-0.3, -0.25) is 4.98 Å². The number of aromatic nitrogens is 1.